The van der Waals surface area contributed by atoms with Crippen LogP contribution in [0, 0.1) is 11.8 Å². The van der Waals surface area contributed by atoms with Crippen LogP contribution in [0.3, 0.4) is 0 Å². The van der Waals surface area contributed by atoms with Crippen LogP contribution in [0.25, 0.3) is 0 Å². The summed E-state index contributed by atoms with van der Waals surface area (Å²) < 4.78 is 0. The molecule has 1 saturated heterocycles. The minimum atomic E-state index is -0.0764. The number of ketones is 2. The summed E-state index contributed by atoms with van der Waals surface area (Å²) in [6.45, 7) is 4.43. The van der Waals surface area contributed by atoms with Crippen LogP contribution in [0.15, 0.2) is 0 Å². The molecule has 3 heteroatoms. The first-order valence-corrected chi connectivity index (χ1v) is 3.84. The van der Waals surface area contributed by atoms with Gasteiger partial charge in [-0.2, -0.15) is 0 Å². The molecule has 1 rings (SSSR count). The number of Topliss-reactive ketones (excluding diaryl/α,β-unsaturated/α-hetero) is 2. The standard InChI is InChI=1S/C8H13NO2/c1-5(10)7-3-9-4-8(7)6(2)11/h7-9H,3-4H2,1-2H3/t7-,8-/m1/s1. The van der Waals surface area contributed by atoms with Gasteiger partial charge in [-0.15, -0.1) is 0 Å². The zero-order valence-corrected chi connectivity index (χ0v) is 6.89. The van der Waals surface area contributed by atoms with Crippen molar-refractivity contribution in [2.45, 2.75) is 13.8 Å². The second-order valence-electron chi connectivity index (χ2n) is 3.09. The maximum atomic E-state index is 11.0. The third kappa shape index (κ3) is 1.66. The molecule has 0 amide bonds. The first-order chi connectivity index (χ1) is 5.13. The monoisotopic (exact) mass is 155 g/mol. The van der Waals surface area contributed by atoms with Gasteiger partial charge in [0.25, 0.3) is 0 Å². The Morgan fingerprint density at radius 3 is 1.73 bits per heavy atom. The summed E-state index contributed by atoms with van der Waals surface area (Å²) >= 11 is 0. The molecule has 3 nitrogen and oxygen atoms in total. The van der Waals surface area contributed by atoms with Crippen molar-refractivity contribution in [1.82, 2.24) is 5.32 Å². The van der Waals surface area contributed by atoms with E-state index in [2.05, 4.69) is 5.32 Å². The summed E-state index contributed by atoms with van der Waals surface area (Å²) in [6, 6.07) is 0. The molecule has 0 aromatic heterocycles. The quantitative estimate of drug-likeness (QED) is 0.610. The lowest BCUT2D eigenvalue weighted by Gasteiger charge is -2.10. The molecule has 1 N–H and O–H groups in total. The van der Waals surface area contributed by atoms with E-state index in [0.717, 1.165) is 0 Å². The van der Waals surface area contributed by atoms with Gasteiger partial charge in [-0.3, -0.25) is 9.59 Å². The highest BCUT2D eigenvalue weighted by atomic mass is 16.1. The highest BCUT2D eigenvalue weighted by Crippen LogP contribution is 2.18. The Kier molecular flexibility index (Phi) is 2.39. The molecule has 1 aliphatic heterocycles. The molecule has 1 fully saturated rings. The molecule has 0 radical (unpaired) electrons. The van der Waals surface area contributed by atoms with E-state index in [1.807, 2.05) is 0 Å². The first kappa shape index (κ1) is 8.40. The number of hydrogen-bond donors (Lipinski definition) is 1. The van der Waals surface area contributed by atoms with Crippen molar-refractivity contribution < 1.29 is 9.59 Å². The van der Waals surface area contributed by atoms with Crippen LogP contribution in [0.2, 0.25) is 0 Å². The highest BCUT2D eigenvalue weighted by Gasteiger charge is 2.33. The van der Waals surface area contributed by atoms with E-state index >= 15 is 0 Å². The van der Waals surface area contributed by atoms with Gasteiger partial charge in [0.05, 0.1) is 0 Å². The van der Waals surface area contributed by atoms with Gasteiger partial charge >= 0.3 is 0 Å². The zero-order valence-electron chi connectivity index (χ0n) is 6.89. The molecule has 0 aromatic carbocycles. The number of hydrogen-bond acceptors (Lipinski definition) is 3. The molecule has 0 unspecified atom stereocenters. The van der Waals surface area contributed by atoms with Gasteiger partial charge in [0.15, 0.2) is 0 Å². The lowest BCUT2D eigenvalue weighted by atomic mass is 9.90. The van der Waals surface area contributed by atoms with E-state index < -0.39 is 0 Å². The third-order valence-electron chi connectivity index (χ3n) is 2.26. The van der Waals surface area contributed by atoms with Crippen LogP contribution in [0.4, 0.5) is 0 Å². The van der Waals surface area contributed by atoms with Crippen molar-refractivity contribution in [1.29, 1.82) is 0 Å². The molecule has 0 bridgehead atoms. The maximum absolute atomic E-state index is 11.0. The molecular weight excluding hydrogens is 142 g/mol. The number of rotatable bonds is 2. The van der Waals surface area contributed by atoms with E-state index in [1.54, 1.807) is 13.8 Å². The average molecular weight is 155 g/mol. The number of nitrogens with one attached hydrogen (secondary N) is 1. The molecule has 0 aromatic rings. The summed E-state index contributed by atoms with van der Waals surface area (Å²) in [5.74, 6) is 0.0883. The Bertz CT molecular complexity index is 169. The second kappa shape index (κ2) is 3.13. The van der Waals surface area contributed by atoms with E-state index in [9.17, 15) is 9.59 Å². The first-order valence-electron chi connectivity index (χ1n) is 3.84. The molecule has 0 saturated carbocycles. The zero-order chi connectivity index (χ0) is 8.43. The number of carbonyl (C=O) groups is 2. The Morgan fingerprint density at radius 1 is 1.09 bits per heavy atom. The summed E-state index contributed by atoms with van der Waals surface area (Å²) in [4.78, 5) is 21.9. The smallest absolute Gasteiger partial charge is 0.134 e. The normalized spacial score (nSPS) is 30.4. The minimum Gasteiger partial charge on any atom is -0.315 e. The second-order valence-corrected chi connectivity index (χ2v) is 3.09. The van der Waals surface area contributed by atoms with Crippen LogP contribution in [-0.2, 0) is 9.59 Å². The highest BCUT2D eigenvalue weighted by molar-refractivity contribution is 5.88. The Balaban J connectivity index is 2.65. The van der Waals surface area contributed by atoms with Gasteiger partial charge in [-0.1, -0.05) is 0 Å². The van der Waals surface area contributed by atoms with Crippen LogP contribution in [0.1, 0.15) is 13.8 Å². The van der Waals surface area contributed by atoms with E-state index in [1.165, 1.54) is 0 Å². The molecule has 62 valence electrons. The minimum absolute atomic E-state index is 0.0764. The predicted molar refractivity (Wildman–Crippen MR) is 41.2 cm³/mol. The summed E-state index contributed by atoms with van der Waals surface area (Å²) in [5, 5.41) is 3.04. The fraction of sp³-hybridized carbons (Fsp3) is 0.750. The van der Waals surface area contributed by atoms with Crippen molar-refractivity contribution >= 4 is 11.6 Å². The van der Waals surface area contributed by atoms with Gasteiger partial charge in [0.2, 0.25) is 0 Å². The Labute approximate surface area is 66.2 Å². The molecule has 0 aliphatic carbocycles. The van der Waals surface area contributed by atoms with E-state index in [4.69, 9.17) is 0 Å². The van der Waals surface area contributed by atoms with Crippen molar-refractivity contribution in [2.75, 3.05) is 13.1 Å². The summed E-state index contributed by atoms with van der Waals surface area (Å²) in [6.07, 6.45) is 0. The molecule has 1 aliphatic rings. The Hall–Kier alpha value is -0.700. The number of carbonyl (C=O) groups excluding carboxylic acids is 2. The van der Waals surface area contributed by atoms with E-state index in [0.29, 0.717) is 13.1 Å². The molecule has 2 atom stereocenters. The third-order valence-corrected chi connectivity index (χ3v) is 2.26. The van der Waals surface area contributed by atoms with Crippen LogP contribution in [-0.4, -0.2) is 24.7 Å². The molecule has 0 spiro atoms. The summed E-state index contributed by atoms with van der Waals surface area (Å²) in [5.41, 5.74) is 0. The van der Waals surface area contributed by atoms with Crippen molar-refractivity contribution in [3.63, 3.8) is 0 Å². The fourth-order valence-electron chi connectivity index (χ4n) is 1.53. The van der Waals surface area contributed by atoms with Crippen LogP contribution >= 0.6 is 0 Å². The molecule has 11 heavy (non-hydrogen) atoms. The van der Waals surface area contributed by atoms with Gasteiger partial charge in [-0.25, -0.2) is 0 Å². The fourth-order valence-corrected chi connectivity index (χ4v) is 1.53. The maximum Gasteiger partial charge on any atom is 0.134 e. The largest absolute Gasteiger partial charge is 0.315 e. The lowest BCUT2D eigenvalue weighted by molar-refractivity contribution is -0.128. The van der Waals surface area contributed by atoms with Gasteiger partial charge in [0, 0.05) is 24.9 Å². The average Bonchev–Trinajstić information content (AvgIpc) is 2.32. The molecule has 1 heterocycles. The van der Waals surface area contributed by atoms with Gasteiger partial charge in [0.1, 0.15) is 11.6 Å². The van der Waals surface area contributed by atoms with Crippen LogP contribution < -0.4 is 5.32 Å². The van der Waals surface area contributed by atoms with Crippen LogP contribution in [0.5, 0.6) is 0 Å². The van der Waals surface area contributed by atoms with Crippen molar-refractivity contribution in [3.05, 3.63) is 0 Å². The predicted octanol–water partition coefficient (Wildman–Crippen LogP) is 0. The topological polar surface area (TPSA) is 46.2 Å². The Morgan fingerprint density at radius 2 is 1.45 bits per heavy atom. The summed E-state index contributed by atoms with van der Waals surface area (Å²) in [7, 11) is 0. The molecular formula is C8H13NO2. The van der Waals surface area contributed by atoms with E-state index in [-0.39, 0.29) is 23.4 Å². The van der Waals surface area contributed by atoms with Gasteiger partial charge < -0.3 is 5.32 Å². The van der Waals surface area contributed by atoms with Crippen molar-refractivity contribution in [3.8, 4) is 0 Å². The SMILES string of the molecule is CC(=O)[C@H]1CNC[C@@H]1C(C)=O. The van der Waals surface area contributed by atoms with Crippen molar-refractivity contribution in [2.24, 2.45) is 11.8 Å². The van der Waals surface area contributed by atoms with Gasteiger partial charge in [-0.05, 0) is 13.8 Å². The lowest BCUT2D eigenvalue weighted by Crippen LogP contribution is -2.25.